The van der Waals surface area contributed by atoms with Crippen LogP contribution in [-0.2, 0) is 18.8 Å². The predicted molar refractivity (Wildman–Crippen MR) is 178 cm³/mol. The van der Waals surface area contributed by atoms with E-state index in [1.165, 1.54) is 33.6 Å². The number of hydrogen-bond donors (Lipinski definition) is 4. The van der Waals surface area contributed by atoms with E-state index in [1.807, 2.05) is 49.4 Å². The molecule has 14 heteroatoms. The van der Waals surface area contributed by atoms with Gasteiger partial charge in [0.15, 0.2) is 0 Å². The van der Waals surface area contributed by atoms with Crippen molar-refractivity contribution in [2.75, 3.05) is 10.2 Å². The second-order valence-electron chi connectivity index (χ2n) is 11.6. The van der Waals surface area contributed by atoms with Gasteiger partial charge >= 0.3 is 11.9 Å². The number of carbonyl (C=O) groups is 3. The van der Waals surface area contributed by atoms with Crippen molar-refractivity contribution in [1.82, 2.24) is 35.3 Å². The van der Waals surface area contributed by atoms with E-state index >= 15 is 0 Å². The molecule has 3 heterocycles. The van der Waals surface area contributed by atoms with Crippen molar-refractivity contribution in [1.29, 1.82) is 0 Å². The Morgan fingerprint density at radius 2 is 1.37 bits per heavy atom. The highest BCUT2D eigenvalue weighted by molar-refractivity contribution is 6.02. The average molecular weight is 656 g/mol. The third-order valence-corrected chi connectivity index (χ3v) is 8.37. The fraction of sp³-hybridized carbons (Fsp3) is 0.114. The molecule has 1 aliphatic rings. The third-order valence-electron chi connectivity index (χ3n) is 8.37. The van der Waals surface area contributed by atoms with Crippen molar-refractivity contribution in [3.63, 3.8) is 0 Å². The first-order chi connectivity index (χ1) is 23.7. The Hall–Kier alpha value is -6.83. The van der Waals surface area contributed by atoms with Crippen molar-refractivity contribution >= 4 is 29.2 Å². The van der Waals surface area contributed by atoms with Crippen LogP contribution in [0, 0.1) is 0 Å². The molecule has 0 radical (unpaired) electrons. The molecule has 0 aliphatic carbocycles. The van der Waals surface area contributed by atoms with Crippen LogP contribution in [-0.4, -0.2) is 58.0 Å². The first kappa shape index (κ1) is 30.8. The Bertz CT molecular complexity index is 2210. The molecule has 14 nitrogen and oxygen atoms in total. The topological polar surface area (TPSA) is 180 Å². The maximum Gasteiger partial charge on any atom is 0.335 e. The maximum atomic E-state index is 13.4. The Labute approximate surface area is 279 Å². The number of aromatic carboxylic acids is 2. The van der Waals surface area contributed by atoms with Crippen LogP contribution in [0.4, 0.5) is 11.4 Å². The summed E-state index contributed by atoms with van der Waals surface area (Å²) in [4.78, 5) is 38.2. The van der Waals surface area contributed by atoms with Crippen LogP contribution in [0.5, 0.6) is 0 Å². The van der Waals surface area contributed by atoms with E-state index in [-0.39, 0.29) is 23.6 Å². The summed E-state index contributed by atoms with van der Waals surface area (Å²) in [5.41, 5.74) is 4.65. The number of carbonyl (C=O) groups excluding carboxylic acids is 1. The van der Waals surface area contributed by atoms with Crippen LogP contribution in [0.2, 0.25) is 0 Å². The lowest BCUT2D eigenvalue weighted by Gasteiger charge is -2.47. The molecule has 7 rings (SSSR count). The lowest BCUT2D eigenvalue weighted by Crippen LogP contribution is -2.59. The van der Waals surface area contributed by atoms with E-state index < -0.39 is 17.6 Å². The molecule has 1 atom stereocenters. The quantitative estimate of drug-likeness (QED) is 0.163. The number of nitrogens with zero attached hydrogens (tertiary/aromatic N) is 7. The average Bonchev–Trinajstić information content (AvgIpc) is 3.80. The molecular formula is C35H29N9O5. The molecule has 244 valence electrons. The molecule has 0 saturated carbocycles. The molecule has 6 aromatic rings. The number of rotatable bonds is 10. The number of fused-ring (bicyclic) bond motifs is 1. The van der Waals surface area contributed by atoms with Gasteiger partial charge in [-0.2, -0.15) is 0 Å². The van der Waals surface area contributed by atoms with Crippen molar-refractivity contribution in [2.24, 2.45) is 0 Å². The molecule has 1 unspecified atom stereocenters. The molecule has 1 amide bonds. The van der Waals surface area contributed by atoms with Crippen LogP contribution >= 0.6 is 0 Å². The van der Waals surface area contributed by atoms with Gasteiger partial charge in [0, 0.05) is 5.69 Å². The van der Waals surface area contributed by atoms with Gasteiger partial charge in [-0.25, -0.2) is 19.0 Å². The summed E-state index contributed by atoms with van der Waals surface area (Å²) in [6.07, 6.45) is 3.47. The molecule has 4 aromatic carbocycles. The lowest BCUT2D eigenvalue weighted by atomic mass is 9.93. The predicted octanol–water partition coefficient (Wildman–Crippen LogP) is 4.48. The van der Waals surface area contributed by atoms with E-state index in [0.717, 1.165) is 16.9 Å². The SMILES string of the molecule is CC1(c2ccc(NCc3cn(-c4cccc(C(=O)O)c4)nn3)cc2)NC(=O)c2ccccc2N1Cc1cn(-c2cccc(C(=O)O)c2)nn1. The molecule has 0 bridgehead atoms. The van der Waals surface area contributed by atoms with Gasteiger partial charge in [-0.15, -0.1) is 10.2 Å². The fourth-order valence-corrected chi connectivity index (χ4v) is 5.80. The minimum absolute atomic E-state index is 0.141. The summed E-state index contributed by atoms with van der Waals surface area (Å²) < 4.78 is 3.05. The summed E-state index contributed by atoms with van der Waals surface area (Å²) in [5, 5.41) is 42.2. The van der Waals surface area contributed by atoms with E-state index in [9.17, 15) is 24.6 Å². The highest BCUT2D eigenvalue weighted by Gasteiger charge is 2.42. The first-order valence-corrected chi connectivity index (χ1v) is 15.2. The first-order valence-electron chi connectivity index (χ1n) is 15.2. The Kier molecular flexibility index (Phi) is 7.80. The second kappa shape index (κ2) is 12.4. The van der Waals surface area contributed by atoms with Gasteiger partial charge in [-0.1, -0.05) is 46.8 Å². The number of carboxylic acids is 2. The number of aromatic nitrogens is 6. The smallest absolute Gasteiger partial charge is 0.335 e. The van der Waals surface area contributed by atoms with Gasteiger partial charge in [0.05, 0.1) is 59.2 Å². The lowest BCUT2D eigenvalue weighted by molar-refractivity contribution is 0.0686. The Morgan fingerprint density at radius 1 is 0.776 bits per heavy atom. The number of nitrogens with one attached hydrogen (secondary N) is 2. The fourth-order valence-electron chi connectivity index (χ4n) is 5.80. The minimum atomic E-state index is -1.03. The number of carboxylic acid groups (broad SMARTS) is 2. The zero-order valence-corrected chi connectivity index (χ0v) is 26.1. The maximum absolute atomic E-state index is 13.4. The Morgan fingerprint density at radius 3 is 2.00 bits per heavy atom. The summed E-state index contributed by atoms with van der Waals surface area (Å²) >= 11 is 0. The van der Waals surface area contributed by atoms with Crippen molar-refractivity contribution in [3.8, 4) is 11.4 Å². The molecule has 0 spiro atoms. The van der Waals surface area contributed by atoms with E-state index in [2.05, 4.69) is 36.2 Å². The number of anilines is 2. The van der Waals surface area contributed by atoms with Gasteiger partial charge in [-0.05, 0) is 73.2 Å². The molecule has 0 fully saturated rings. The van der Waals surface area contributed by atoms with Crippen LogP contribution in [0.1, 0.15) is 54.9 Å². The third kappa shape index (κ3) is 6.05. The number of hydrogen-bond acceptors (Lipinski definition) is 9. The van der Waals surface area contributed by atoms with Crippen LogP contribution in [0.25, 0.3) is 11.4 Å². The summed E-state index contributed by atoms with van der Waals surface area (Å²) in [6, 6.07) is 28.0. The Balaban J connectivity index is 1.11. The summed E-state index contributed by atoms with van der Waals surface area (Å²) in [7, 11) is 0. The standard InChI is InChI=1S/C35H29N9O5/c1-35(24-12-14-25(15-13-24)36-18-26-20-43(40-38-26)28-8-4-6-22(16-28)33(46)47)37-32(45)30-10-2-3-11-31(30)42(35)19-27-21-44(41-39-27)29-9-5-7-23(17-29)34(48)49/h2-17,20-21,36H,18-19H2,1H3,(H,37,45)(H,46,47)(H,48,49). The van der Waals surface area contributed by atoms with Gasteiger partial charge in [-0.3, -0.25) is 4.79 Å². The van der Waals surface area contributed by atoms with Crippen LogP contribution < -0.4 is 15.5 Å². The van der Waals surface area contributed by atoms with Crippen LogP contribution in [0.3, 0.4) is 0 Å². The zero-order chi connectivity index (χ0) is 34.1. The summed E-state index contributed by atoms with van der Waals surface area (Å²) in [5.74, 6) is -2.26. The highest BCUT2D eigenvalue weighted by Crippen LogP contribution is 2.38. The molecule has 2 aromatic heterocycles. The summed E-state index contributed by atoms with van der Waals surface area (Å²) in [6.45, 7) is 2.59. The largest absolute Gasteiger partial charge is 0.478 e. The molecule has 1 aliphatic heterocycles. The van der Waals surface area contributed by atoms with E-state index in [4.69, 9.17) is 0 Å². The number of para-hydroxylation sites is 1. The van der Waals surface area contributed by atoms with E-state index in [1.54, 1.807) is 42.7 Å². The molecular weight excluding hydrogens is 626 g/mol. The van der Waals surface area contributed by atoms with Gasteiger partial charge in [0.2, 0.25) is 0 Å². The highest BCUT2D eigenvalue weighted by atomic mass is 16.4. The number of amides is 1. The zero-order valence-electron chi connectivity index (χ0n) is 26.1. The van der Waals surface area contributed by atoms with Crippen molar-refractivity contribution in [3.05, 3.63) is 143 Å². The van der Waals surface area contributed by atoms with Crippen LogP contribution in [0.15, 0.2) is 109 Å². The van der Waals surface area contributed by atoms with Crippen molar-refractivity contribution < 1.29 is 24.6 Å². The second-order valence-corrected chi connectivity index (χ2v) is 11.6. The van der Waals surface area contributed by atoms with Gasteiger partial charge in [0.1, 0.15) is 17.1 Å². The van der Waals surface area contributed by atoms with Crippen molar-refractivity contribution in [2.45, 2.75) is 25.7 Å². The van der Waals surface area contributed by atoms with E-state index in [0.29, 0.717) is 34.9 Å². The van der Waals surface area contributed by atoms with Gasteiger partial charge in [0.25, 0.3) is 5.91 Å². The number of benzene rings is 4. The molecule has 0 saturated heterocycles. The minimum Gasteiger partial charge on any atom is -0.478 e. The normalized spacial score (nSPS) is 15.4. The molecule has 4 N–H and O–H groups in total. The monoisotopic (exact) mass is 655 g/mol. The van der Waals surface area contributed by atoms with Gasteiger partial charge < -0.3 is 25.7 Å². The molecule has 49 heavy (non-hydrogen) atoms.